The van der Waals surface area contributed by atoms with Crippen LogP contribution in [-0.2, 0) is 14.4 Å². The molecule has 2 amide bonds. The topological polar surface area (TPSA) is 54.5 Å². The van der Waals surface area contributed by atoms with Gasteiger partial charge in [0.05, 0.1) is 0 Å². The number of imide groups is 1. The van der Waals surface area contributed by atoms with Gasteiger partial charge in [-0.15, -0.1) is 0 Å². The fraction of sp³-hybridized carbons (Fsp3) is 0.444. The van der Waals surface area contributed by atoms with Gasteiger partial charge >= 0.3 is 0 Å². The van der Waals surface area contributed by atoms with Crippen molar-refractivity contribution in [3.63, 3.8) is 0 Å². The summed E-state index contributed by atoms with van der Waals surface area (Å²) in [6, 6.07) is -0.340. The molecule has 0 bridgehead atoms. The van der Waals surface area contributed by atoms with Crippen LogP contribution in [0.4, 0.5) is 0 Å². The zero-order valence-corrected chi connectivity index (χ0v) is 7.61. The molecule has 1 atom stereocenters. The first-order valence-electron chi connectivity index (χ1n) is 4.07. The van der Waals surface area contributed by atoms with Crippen LogP contribution in [0.3, 0.4) is 0 Å². The maximum atomic E-state index is 11.1. The summed E-state index contributed by atoms with van der Waals surface area (Å²) in [5, 5.41) is 0. The molecule has 4 heteroatoms. The summed E-state index contributed by atoms with van der Waals surface area (Å²) in [5.74, 6) is -0.697. The summed E-state index contributed by atoms with van der Waals surface area (Å²) in [6.45, 7) is 3.12. The number of hydrogen-bond acceptors (Lipinski definition) is 3. The number of nitrogens with zero attached hydrogens (tertiary/aromatic N) is 1. The van der Waals surface area contributed by atoms with Gasteiger partial charge in [0.15, 0.2) is 0 Å². The number of ketones is 1. The van der Waals surface area contributed by atoms with Crippen LogP contribution >= 0.6 is 0 Å². The molecule has 1 rings (SSSR count). The van der Waals surface area contributed by atoms with Crippen LogP contribution in [0.2, 0.25) is 0 Å². The predicted octanol–water partition coefficient (Wildman–Crippen LogP) is 0.279. The van der Waals surface area contributed by atoms with Crippen molar-refractivity contribution in [3.8, 4) is 0 Å². The highest BCUT2D eigenvalue weighted by molar-refractivity contribution is 6.13. The molecule has 1 heterocycles. The van der Waals surface area contributed by atoms with Crippen molar-refractivity contribution in [3.05, 3.63) is 12.2 Å². The van der Waals surface area contributed by atoms with Crippen molar-refractivity contribution in [1.82, 2.24) is 4.90 Å². The normalized spacial score (nSPS) is 18.2. The second-order valence-electron chi connectivity index (χ2n) is 3.13. The highest BCUT2D eigenvalue weighted by atomic mass is 16.2. The Morgan fingerprint density at radius 3 is 2.23 bits per heavy atom. The molecule has 0 saturated heterocycles. The fourth-order valence-electron chi connectivity index (χ4n) is 1.35. The van der Waals surface area contributed by atoms with Gasteiger partial charge in [-0.25, -0.2) is 0 Å². The first kappa shape index (κ1) is 9.64. The lowest BCUT2D eigenvalue weighted by Gasteiger charge is -2.20. The van der Waals surface area contributed by atoms with E-state index in [1.807, 2.05) is 0 Å². The van der Waals surface area contributed by atoms with E-state index in [1.165, 1.54) is 19.1 Å². The van der Waals surface area contributed by atoms with E-state index in [0.29, 0.717) is 0 Å². The molecule has 4 nitrogen and oxygen atoms in total. The zero-order valence-electron chi connectivity index (χ0n) is 7.61. The van der Waals surface area contributed by atoms with Crippen LogP contribution < -0.4 is 0 Å². The van der Waals surface area contributed by atoms with Crippen molar-refractivity contribution >= 4 is 17.6 Å². The molecule has 1 unspecified atom stereocenters. The van der Waals surface area contributed by atoms with Crippen LogP contribution in [0, 0.1) is 0 Å². The summed E-state index contributed by atoms with van der Waals surface area (Å²) in [7, 11) is 0. The summed E-state index contributed by atoms with van der Waals surface area (Å²) in [4.78, 5) is 34.1. The largest absolute Gasteiger partial charge is 0.300 e. The highest BCUT2D eigenvalue weighted by Gasteiger charge is 2.28. The van der Waals surface area contributed by atoms with Crippen LogP contribution in [0.1, 0.15) is 20.3 Å². The Labute approximate surface area is 76.2 Å². The SMILES string of the molecule is CC(=O)CC(C)N1C(=O)C=CC1=O. The van der Waals surface area contributed by atoms with E-state index in [9.17, 15) is 14.4 Å². The average molecular weight is 181 g/mol. The average Bonchev–Trinajstić information content (AvgIpc) is 2.29. The molecule has 0 aromatic heterocycles. The Kier molecular flexibility index (Phi) is 2.60. The van der Waals surface area contributed by atoms with Gasteiger partial charge < -0.3 is 0 Å². The maximum absolute atomic E-state index is 11.1. The second-order valence-corrected chi connectivity index (χ2v) is 3.13. The number of Topliss-reactive ketones (excluding diaryl/α,β-unsaturated/α-hetero) is 1. The van der Waals surface area contributed by atoms with E-state index in [2.05, 4.69) is 0 Å². The quantitative estimate of drug-likeness (QED) is 0.587. The fourth-order valence-corrected chi connectivity index (χ4v) is 1.35. The maximum Gasteiger partial charge on any atom is 0.253 e. The minimum absolute atomic E-state index is 0.0278. The van der Waals surface area contributed by atoms with E-state index >= 15 is 0 Å². The van der Waals surface area contributed by atoms with Crippen molar-refractivity contribution in [2.75, 3.05) is 0 Å². The number of hydrogen-bond donors (Lipinski definition) is 0. The molecule has 1 aliphatic heterocycles. The zero-order chi connectivity index (χ0) is 10.0. The van der Waals surface area contributed by atoms with Crippen LogP contribution in [0.5, 0.6) is 0 Å². The van der Waals surface area contributed by atoms with Gasteiger partial charge in [-0.3, -0.25) is 19.3 Å². The number of amides is 2. The van der Waals surface area contributed by atoms with Crippen molar-refractivity contribution in [2.45, 2.75) is 26.3 Å². The molecule has 70 valence electrons. The van der Waals surface area contributed by atoms with Gasteiger partial charge in [0.1, 0.15) is 5.78 Å². The van der Waals surface area contributed by atoms with Crippen LogP contribution in [-0.4, -0.2) is 28.5 Å². The highest BCUT2D eigenvalue weighted by Crippen LogP contribution is 2.11. The molecule has 0 aliphatic carbocycles. The Bertz CT molecular complexity index is 275. The van der Waals surface area contributed by atoms with E-state index in [1.54, 1.807) is 6.92 Å². The summed E-state index contributed by atoms with van der Waals surface area (Å²) < 4.78 is 0. The summed E-state index contributed by atoms with van der Waals surface area (Å²) in [5.41, 5.74) is 0. The lowest BCUT2D eigenvalue weighted by Crippen LogP contribution is -2.39. The molecular formula is C9H11NO3. The Morgan fingerprint density at radius 1 is 1.38 bits per heavy atom. The van der Waals surface area contributed by atoms with E-state index < -0.39 is 0 Å². The molecular weight excluding hydrogens is 170 g/mol. The van der Waals surface area contributed by atoms with Gasteiger partial charge in [0, 0.05) is 24.6 Å². The molecule has 1 aliphatic rings. The first-order chi connectivity index (χ1) is 6.02. The molecule has 13 heavy (non-hydrogen) atoms. The van der Waals surface area contributed by atoms with Gasteiger partial charge in [0.25, 0.3) is 11.8 Å². The van der Waals surface area contributed by atoms with Crippen molar-refractivity contribution < 1.29 is 14.4 Å². The van der Waals surface area contributed by atoms with Gasteiger partial charge in [-0.1, -0.05) is 0 Å². The summed E-state index contributed by atoms with van der Waals surface area (Å²) >= 11 is 0. The van der Waals surface area contributed by atoms with Crippen LogP contribution in [0.15, 0.2) is 12.2 Å². The third-order valence-electron chi connectivity index (χ3n) is 1.87. The number of carbonyl (C=O) groups is 3. The van der Waals surface area contributed by atoms with Gasteiger partial charge in [-0.05, 0) is 13.8 Å². The molecule has 0 fully saturated rings. The number of rotatable bonds is 3. The van der Waals surface area contributed by atoms with E-state index in [-0.39, 0.29) is 30.1 Å². The molecule has 0 radical (unpaired) electrons. The van der Waals surface area contributed by atoms with E-state index in [4.69, 9.17) is 0 Å². The van der Waals surface area contributed by atoms with Gasteiger partial charge in [-0.2, -0.15) is 0 Å². The lowest BCUT2D eigenvalue weighted by molar-refractivity contribution is -0.139. The smallest absolute Gasteiger partial charge is 0.253 e. The van der Waals surface area contributed by atoms with Gasteiger partial charge in [0.2, 0.25) is 0 Å². The van der Waals surface area contributed by atoms with E-state index in [0.717, 1.165) is 4.90 Å². The Balaban J connectivity index is 2.67. The molecule has 0 saturated carbocycles. The molecule has 0 aromatic carbocycles. The molecule has 0 N–H and O–H groups in total. The van der Waals surface area contributed by atoms with Crippen molar-refractivity contribution in [2.24, 2.45) is 0 Å². The molecule has 0 aromatic rings. The predicted molar refractivity (Wildman–Crippen MR) is 45.8 cm³/mol. The van der Waals surface area contributed by atoms with Crippen molar-refractivity contribution in [1.29, 1.82) is 0 Å². The third kappa shape index (κ3) is 2.02. The minimum atomic E-state index is -0.340. The standard InChI is InChI=1S/C9H11NO3/c1-6(5-7(2)11)10-8(12)3-4-9(10)13/h3-4,6H,5H2,1-2H3. The lowest BCUT2D eigenvalue weighted by atomic mass is 10.1. The third-order valence-corrected chi connectivity index (χ3v) is 1.87. The Hall–Kier alpha value is -1.45. The first-order valence-corrected chi connectivity index (χ1v) is 4.07. The minimum Gasteiger partial charge on any atom is -0.300 e. The second kappa shape index (κ2) is 3.51. The Morgan fingerprint density at radius 2 is 1.85 bits per heavy atom. The van der Waals surface area contributed by atoms with Crippen LogP contribution in [0.25, 0.3) is 0 Å². The summed E-state index contributed by atoms with van der Waals surface area (Å²) in [6.07, 6.45) is 2.66. The molecule has 0 spiro atoms. The number of carbonyl (C=O) groups excluding carboxylic acids is 3. The monoisotopic (exact) mass is 181 g/mol.